The number of para-hydroxylation sites is 1. The van der Waals surface area contributed by atoms with E-state index in [2.05, 4.69) is 15.0 Å². The van der Waals surface area contributed by atoms with Crippen LogP contribution in [-0.2, 0) is 4.74 Å². The first kappa shape index (κ1) is 16.7. The molecule has 1 aromatic heterocycles. The number of aromatic amines is 1. The molecule has 25 heavy (non-hydrogen) atoms. The summed E-state index contributed by atoms with van der Waals surface area (Å²) in [5, 5.41) is 3.47. The standard InChI is InChI=1S/C18H13ClN2O4/c1-25-18(24)12-7-6-11(9-14(12)19)20-16(22)13-8-10-4-2-3-5-15(10)21-17(13)23/h2-9H,1H3,(H,20,22)(H,21,23). The van der Waals surface area contributed by atoms with Gasteiger partial charge in [0.15, 0.2) is 0 Å². The summed E-state index contributed by atoms with van der Waals surface area (Å²) >= 11 is 6.02. The van der Waals surface area contributed by atoms with Gasteiger partial charge in [-0.1, -0.05) is 29.8 Å². The van der Waals surface area contributed by atoms with Crippen LogP contribution in [0.1, 0.15) is 20.7 Å². The molecule has 0 radical (unpaired) electrons. The molecule has 2 N–H and O–H groups in total. The zero-order valence-corrected chi connectivity index (χ0v) is 13.9. The Morgan fingerprint density at radius 3 is 2.56 bits per heavy atom. The summed E-state index contributed by atoms with van der Waals surface area (Å²) in [6.07, 6.45) is 0. The van der Waals surface area contributed by atoms with E-state index in [1.807, 2.05) is 6.07 Å². The molecule has 0 aliphatic carbocycles. The molecule has 3 rings (SSSR count). The molecule has 0 saturated carbocycles. The quantitative estimate of drug-likeness (QED) is 0.705. The molecule has 1 heterocycles. The lowest BCUT2D eigenvalue weighted by Gasteiger charge is -2.08. The van der Waals surface area contributed by atoms with Gasteiger partial charge in [0.25, 0.3) is 11.5 Å². The molecule has 0 atom stereocenters. The van der Waals surface area contributed by atoms with E-state index in [0.29, 0.717) is 11.2 Å². The van der Waals surface area contributed by atoms with Crippen molar-refractivity contribution >= 4 is 40.1 Å². The summed E-state index contributed by atoms with van der Waals surface area (Å²) in [5.74, 6) is -1.15. The second kappa shape index (κ2) is 6.78. The van der Waals surface area contributed by atoms with Crippen LogP contribution in [0.25, 0.3) is 10.9 Å². The van der Waals surface area contributed by atoms with Gasteiger partial charge >= 0.3 is 5.97 Å². The second-order valence-electron chi connectivity index (χ2n) is 5.24. The zero-order chi connectivity index (χ0) is 18.0. The van der Waals surface area contributed by atoms with Gasteiger partial charge in [0.05, 0.1) is 17.7 Å². The maximum Gasteiger partial charge on any atom is 0.339 e. The first-order chi connectivity index (χ1) is 12.0. The molecule has 0 bridgehead atoms. The van der Waals surface area contributed by atoms with Gasteiger partial charge in [-0.3, -0.25) is 9.59 Å². The number of benzene rings is 2. The molecule has 6 nitrogen and oxygen atoms in total. The minimum Gasteiger partial charge on any atom is -0.465 e. The number of methoxy groups -OCH3 is 1. The molecule has 0 fully saturated rings. The Kier molecular flexibility index (Phi) is 4.54. The second-order valence-corrected chi connectivity index (χ2v) is 5.65. The fourth-order valence-electron chi connectivity index (χ4n) is 2.38. The van der Waals surface area contributed by atoms with Crippen molar-refractivity contribution in [3.63, 3.8) is 0 Å². The average molecular weight is 357 g/mol. The van der Waals surface area contributed by atoms with Crippen LogP contribution < -0.4 is 10.9 Å². The summed E-state index contributed by atoms with van der Waals surface area (Å²) in [7, 11) is 1.25. The van der Waals surface area contributed by atoms with Gasteiger partial charge in [0.2, 0.25) is 0 Å². The van der Waals surface area contributed by atoms with Crippen LogP contribution in [0.2, 0.25) is 5.02 Å². The summed E-state index contributed by atoms with van der Waals surface area (Å²) < 4.78 is 4.61. The number of hydrogen-bond acceptors (Lipinski definition) is 4. The predicted octanol–water partition coefficient (Wildman–Crippen LogP) is 3.22. The van der Waals surface area contributed by atoms with Crippen molar-refractivity contribution in [3.05, 3.63) is 75.0 Å². The molecule has 0 spiro atoms. The van der Waals surface area contributed by atoms with Crippen LogP contribution in [0.15, 0.2) is 53.3 Å². The molecule has 0 saturated heterocycles. The highest BCUT2D eigenvalue weighted by Gasteiger charge is 2.15. The molecule has 0 unspecified atom stereocenters. The Hall–Kier alpha value is -3.12. The van der Waals surface area contributed by atoms with Crippen molar-refractivity contribution in [1.29, 1.82) is 0 Å². The minimum absolute atomic E-state index is 0.0214. The molecule has 7 heteroatoms. The molecule has 2 aromatic carbocycles. The largest absolute Gasteiger partial charge is 0.465 e. The Bertz CT molecular complexity index is 1040. The topological polar surface area (TPSA) is 88.3 Å². The maximum atomic E-state index is 12.4. The fraction of sp³-hybridized carbons (Fsp3) is 0.0556. The minimum atomic E-state index is -0.575. The van der Waals surface area contributed by atoms with Gasteiger partial charge < -0.3 is 15.0 Å². The lowest BCUT2D eigenvalue weighted by molar-refractivity contribution is 0.0601. The summed E-state index contributed by atoms with van der Waals surface area (Å²) in [4.78, 5) is 38.7. The number of aromatic nitrogens is 1. The van der Waals surface area contributed by atoms with E-state index >= 15 is 0 Å². The van der Waals surface area contributed by atoms with Crippen LogP contribution in [0.3, 0.4) is 0 Å². The Balaban J connectivity index is 1.90. The number of pyridine rings is 1. The van der Waals surface area contributed by atoms with Crippen molar-refractivity contribution in [2.75, 3.05) is 12.4 Å². The van der Waals surface area contributed by atoms with Crippen molar-refractivity contribution in [1.82, 2.24) is 4.98 Å². The highest BCUT2D eigenvalue weighted by molar-refractivity contribution is 6.34. The lowest BCUT2D eigenvalue weighted by atomic mass is 10.1. The zero-order valence-electron chi connectivity index (χ0n) is 13.1. The van der Waals surface area contributed by atoms with E-state index in [1.165, 1.54) is 31.4 Å². The number of carbonyl (C=O) groups excluding carboxylic acids is 2. The molecular formula is C18H13ClN2O4. The van der Waals surface area contributed by atoms with E-state index in [-0.39, 0.29) is 16.1 Å². The molecule has 0 aliphatic rings. The molecule has 0 aliphatic heterocycles. The molecule has 126 valence electrons. The van der Waals surface area contributed by atoms with Gasteiger partial charge in [-0.2, -0.15) is 0 Å². The normalized spacial score (nSPS) is 10.5. The number of amides is 1. The number of halogens is 1. The number of anilines is 1. The average Bonchev–Trinajstić information content (AvgIpc) is 2.60. The van der Waals surface area contributed by atoms with Crippen LogP contribution in [0.5, 0.6) is 0 Å². The van der Waals surface area contributed by atoms with E-state index in [9.17, 15) is 14.4 Å². The Morgan fingerprint density at radius 1 is 1.08 bits per heavy atom. The van der Waals surface area contributed by atoms with E-state index in [4.69, 9.17) is 11.6 Å². The van der Waals surface area contributed by atoms with E-state index in [1.54, 1.807) is 18.2 Å². The highest BCUT2D eigenvalue weighted by atomic mass is 35.5. The van der Waals surface area contributed by atoms with Crippen LogP contribution in [-0.4, -0.2) is 24.0 Å². The van der Waals surface area contributed by atoms with Gasteiger partial charge in [0, 0.05) is 11.2 Å². The number of nitrogens with one attached hydrogen (secondary N) is 2. The number of hydrogen-bond donors (Lipinski definition) is 2. The van der Waals surface area contributed by atoms with Gasteiger partial charge in [0.1, 0.15) is 5.56 Å². The number of esters is 1. The van der Waals surface area contributed by atoms with Gasteiger partial charge in [-0.25, -0.2) is 4.79 Å². The smallest absolute Gasteiger partial charge is 0.339 e. The number of H-pyrrole nitrogens is 1. The molecule has 3 aromatic rings. The summed E-state index contributed by atoms with van der Waals surface area (Å²) in [6, 6.07) is 13.0. The van der Waals surface area contributed by atoms with Crippen molar-refractivity contribution in [2.24, 2.45) is 0 Å². The Labute approximate surface area is 147 Å². The van der Waals surface area contributed by atoms with Crippen LogP contribution in [0, 0.1) is 0 Å². The van der Waals surface area contributed by atoms with Crippen molar-refractivity contribution < 1.29 is 14.3 Å². The van der Waals surface area contributed by atoms with Crippen molar-refractivity contribution in [3.8, 4) is 0 Å². The monoisotopic (exact) mass is 356 g/mol. The number of rotatable bonds is 3. The summed E-state index contributed by atoms with van der Waals surface area (Å²) in [5.41, 5.74) is 0.677. The molecular weight excluding hydrogens is 344 g/mol. The first-order valence-corrected chi connectivity index (χ1v) is 7.68. The summed E-state index contributed by atoms with van der Waals surface area (Å²) in [6.45, 7) is 0. The van der Waals surface area contributed by atoms with E-state index in [0.717, 1.165) is 5.39 Å². The maximum absolute atomic E-state index is 12.4. The number of carbonyl (C=O) groups is 2. The van der Waals surface area contributed by atoms with Crippen LogP contribution >= 0.6 is 11.6 Å². The lowest BCUT2D eigenvalue weighted by Crippen LogP contribution is -2.23. The third-order valence-electron chi connectivity index (χ3n) is 3.63. The number of ether oxygens (including phenoxy) is 1. The van der Waals surface area contributed by atoms with E-state index < -0.39 is 17.4 Å². The third-order valence-corrected chi connectivity index (χ3v) is 3.94. The number of fused-ring (bicyclic) bond motifs is 1. The fourth-order valence-corrected chi connectivity index (χ4v) is 2.64. The Morgan fingerprint density at radius 2 is 1.84 bits per heavy atom. The van der Waals surface area contributed by atoms with Gasteiger partial charge in [-0.15, -0.1) is 0 Å². The third kappa shape index (κ3) is 3.39. The SMILES string of the molecule is COC(=O)c1ccc(NC(=O)c2cc3ccccc3[nH]c2=O)cc1Cl. The molecule has 1 amide bonds. The van der Waals surface area contributed by atoms with Crippen LogP contribution in [0.4, 0.5) is 5.69 Å². The van der Waals surface area contributed by atoms with Gasteiger partial charge in [-0.05, 0) is 35.7 Å². The first-order valence-electron chi connectivity index (χ1n) is 7.31. The highest BCUT2D eigenvalue weighted by Crippen LogP contribution is 2.22. The van der Waals surface area contributed by atoms with Crippen molar-refractivity contribution in [2.45, 2.75) is 0 Å². The predicted molar refractivity (Wildman–Crippen MR) is 95.3 cm³/mol.